The van der Waals surface area contributed by atoms with Gasteiger partial charge in [-0.15, -0.1) is 0 Å². The van der Waals surface area contributed by atoms with Crippen LogP contribution in [0.2, 0.25) is 10.0 Å². The summed E-state index contributed by atoms with van der Waals surface area (Å²) in [5, 5.41) is 14.2. The average molecular weight is 506 g/mol. The second kappa shape index (κ2) is 11.0. The average Bonchev–Trinajstić information content (AvgIpc) is 3.41. The molecule has 4 rings (SSSR count). The van der Waals surface area contributed by atoms with Crippen molar-refractivity contribution in [1.29, 1.82) is 0 Å². The highest BCUT2D eigenvalue weighted by Gasteiger charge is 2.33. The lowest BCUT2D eigenvalue weighted by Gasteiger charge is -2.22. The largest absolute Gasteiger partial charge is 0.380 e. The van der Waals surface area contributed by atoms with Crippen molar-refractivity contribution in [3.63, 3.8) is 0 Å². The molecule has 0 unspecified atom stereocenters. The first-order chi connectivity index (χ1) is 16.3. The van der Waals surface area contributed by atoms with Gasteiger partial charge in [-0.05, 0) is 64.9 Å². The highest BCUT2D eigenvalue weighted by molar-refractivity contribution is 6.33. The Hall–Kier alpha value is -2.29. The Kier molecular flexibility index (Phi) is 8.01. The van der Waals surface area contributed by atoms with E-state index in [2.05, 4.69) is 43.2 Å². The summed E-state index contributed by atoms with van der Waals surface area (Å²) in [5.41, 5.74) is 1.70. The number of nitrogens with zero attached hydrogens (tertiary/aromatic N) is 3. The van der Waals surface area contributed by atoms with Crippen LogP contribution in [0.5, 0.6) is 0 Å². The number of aromatic nitrogens is 2. The first-order valence-corrected chi connectivity index (χ1v) is 12.6. The fraction of sp³-hybridized carbons (Fsp3) is 0.542. The van der Waals surface area contributed by atoms with Gasteiger partial charge < -0.3 is 26.2 Å². The van der Waals surface area contributed by atoms with Gasteiger partial charge in [0, 0.05) is 30.4 Å². The number of nitrogens with one attached hydrogen (secondary N) is 4. The zero-order valence-corrected chi connectivity index (χ0v) is 21.4. The number of hydrogen-bond acceptors (Lipinski definition) is 7. The van der Waals surface area contributed by atoms with E-state index in [1.807, 2.05) is 32.0 Å². The Morgan fingerprint density at radius 2 is 1.97 bits per heavy atom. The molecule has 0 spiro atoms. The minimum absolute atomic E-state index is 0.0200. The Bertz CT molecular complexity index is 1020. The summed E-state index contributed by atoms with van der Waals surface area (Å²) in [6.45, 7) is 6.03. The molecule has 1 aromatic heterocycles. The van der Waals surface area contributed by atoms with E-state index in [1.165, 1.54) is 0 Å². The second-order valence-electron chi connectivity index (χ2n) is 9.55. The topological polar surface area (TPSA) is 94.2 Å². The number of halogens is 2. The van der Waals surface area contributed by atoms with Crippen molar-refractivity contribution in [3.05, 3.63) is 34.4 Å². The van der Waals surface area contributed by atoms with E-state index in [0.717, 1.165) is 50.1 Å². The molecule has 2 fully saturated rings. The van der Waals surface area contributed by atoms with Crippen LogP contribution in [0, 0.1) is 5.92 Å². The normalized spacial score (nSPS) is 22.7. The van der Waals surface area contributed by atoms with Crippen LogP contribution in [0.25, 0.3) is 0 Å². The number of carbonyl (C=O) groups excluding carboxylic acids is 1. The number of rotatable bonds is 8. The molecule has 1 aromatic carbocycles. The molecular weight excluding hydrogens is 473 g/mol. The van der Waals surface area contributed by atoms with Crippen LogP contribution in [0.3, 0.4) is 0 Å². The predicted octanol–water partition coefficient (Wildman–Crippen LogP) is 4.75. The van der Waals surface area contributed by atoms with Gasteiger partial charge in [-0.3, -0.25) is 4.79 Å². The summed E-state index contributed by atoms with van der Waals surface area (Å²) < 4.78 is 0. The Morgan fingerprint density at radius 1 is 1.15 bits per heavy atom. The monoisotopic (exact) mass is 505 g/mol. The lowest BCUT2D eigenvalue weighted by molar-refractivity contribution is -0.125. The van der Waals surface area contributed by atoms with Gasteiger partial charge >= 0.3 is 0 Å². The van der Waals surface area contributed by atoms with Gasteiger partial charge in [0.15, 0.2) is 5.82 Å². The molecule has 3 atom stereocenters. The Balaban J connectivity index is 1.42. The van der Waals surface area contributed by atoms with Gasteiger partial charge in [0.25, 0.3) is 0 Å². The van der Waals surface area contributed by atoms with Gasteiger partial charge in [-0.25, -0.2) is 4.98 Å². The van der Waals surface area contributed by atoms with E-state index in [0.29, 0.717) is 27.9 Å². The van der Waals surface area contributed by atoms with Gasteiger partial charge in [0.1, 0.15) is 5.02 Å². The molecule has 1 saturated heterocycles. The molecule has 8 nitrogen and oxygen atoms in total. The third-order valence-electron chi connectivity index (χ3n) is 6.33. The highest BCUT2D eigenvalue weighted by Crippen LogP contribution is 2.32. The second-order valence-corrected chi connectivity index (χ2v) is 10.4. The molecule has 2 aromatic rings. The molecule has 1 aliphatic heterocycles. The zero-order valence-electron chi connectivity index (χ0n) is 19.9. The van der Waals surface area contributed by atoms with Crippen LogP contribution in [0.4, 0.5) is 23.1 Å². The lowest BCUT2D eigenvalue weighted by atomic mass is 10.0. The van der Waals surface area contributed by atoms with E-state index in [-0.39, 0.29) is 23.9 Å². The number of likely N-dealkylation sites (N-methyl/N-ethyl adjacent to an activating group) is 1. The number of hydrogen-bond donors (Lipinski definition) is 4. The van der Waals surface area contributed by atoms with Crippen molar-refractivity contribution in [2.24, 2.45) is 5.92 Å². The lowest BCUT2D eigenvalue weighted by Crippen LogP contribution is -2.41. The molecule has 1 saturated carbocycles. The fourth-order valence-electron chi connectivity index (χ4n) is 4.65. The third kappa shape index (κ3) is 6.23. The molecule has 0 radical (unpaired) electrons. The molecule has 2 aliphatic rings. The zero-order chi connectivity index (χ0) is 24.2. The van der Waals surface area contributed by atoms with E-state index < -0.39 is 0 Å². The molecule has 1 amide bonds. The van der Waals surface area contributed by atoms with Crippen LogP contribution in [0.1, 0.15) is 39.5 Å². The fourth-order valence-corrected chi connectivity index (χ4v) is 5.03. The van der Waals surface area contributed by atoms with Crippen molar-refractivity contribution in [2.45, 2.75) is 57.7 Å². The molecule has 34 heavy (non-hydrogen) atoms. The number of benzene rings is 1. The van der Waals surface area contributed by atoms with Crippen LogP contribution in [0.15, 0.2) is 24.4 Å². The van der Waals surface area contributed by atoms with Crippen LogP contribution in [-0.4, -0.2) is 59.0 Å². The van der Waals surface area contributed by atoms with E-state index >= 15 is 0 Å². The van der Waals surface area contributed by atoms with E-state index in [4.69, 9.17) is 23.2 Å². The van der Waals surface area contributed by atoms with Gasteiger partial charge in [0.2, 0.25) is 11.9 Å². The standard InChI is InChI=1S/C24H33Cl2N7O/c1-14(2)28-23(34)17-5-4-6-20(17)31-22-19(26)12-27-24(32-22)30-15-7-8-21(18(25)11-15)29-16-9-10-33(3)13-16/h7-8,11-12,14,16-17,20,29H,4-6,9-10,13H2,1-3H3,(H,28,34)(H2,27,30,31,32)/t16-,17-,20+/m0/s1. The predicted molar refractivity (Wildman–Crippen MR) is 139 cm³/mol. The Labute approximate surface area is 211 Å². The smallest absolute Gasteiger partial charge is 0.229 e. The van der Waals surface area contributed by atoms with Gasteiger partial charge in [-0.1, -0.05) is 29.6 Å². The molecule has 1 aliphatic carbocycles. The van der Waals surface area contributed by atoms with Crippen molar-refractivity contribution in [2.75, 3.05) is 36.1 Å². The summed E-state index contributed by atoms with van der Waals surface area (Å²) >= 11 is 12.9. The van der Waals surface area contributed by atoms with Crippen molar-refractivity contribution in [1.82, 2.24) is 20.2 Å². The minimum atomic E-state index is -0.108. The molecule has 0 bridgehead atoms. The maximum absolute atomic E-state index is 12.6. The summed E-state index contributed by atoms with van der Waals surface area (Å²) in [5.74, 6) is 0.884. The number of anilines is 4. The maximum atomic E-state index is 12.6. The number of carbonyl (C=O) groups is 1. The molecule has 10 heteroatoms. The molecule has 2 heterocycles. The molecule has 4 N–H and O–H groups in total. The first-order valence-electron chi connectivity index (χ1n) is 11.9. The Morgan fingerprint density at radius 3 is 2.68 bits per heavy atom. The summed E-state index contributed by atoms with van der Waals surface area (Å²) in [4.78, 5) is 23.8. The van der Waals surface area contributed by atoms with Crippen LogP contribution < -0.4 is 21.3 Å². The quantitative estimate of drug-likeness (QED) is 0.411. The van der Waals surface area contributed by atoms with Crippen molar-refractivity contribution < 1.29 is 4.79 Å². The first kappa shape index (κ1) is 24.8. The maximum Gasteiger partial charge on any atom is 0.229 e. The number of amides is 1. The highest BCUT2D eigenvalue weighted by atomic mass is 35.5. The summed E-state index contributed by atoms with van der Waals surface area (Å²) in [7, 11) is 2.12. The minimum Gasteiger partial charge on any atom is -0.380 e. The summed E-state index contributed by atoms with van der Waals surface area (Å²) in [6.07, 6.45) is 5.38. The van der Waals surface area contributed by atoms with Gasteiger partial charge in [0.05, 0.1) is 22.8 Å². The molecule has 184 valence electrons. The van der Waals surface area contributed by atoms with Crippen molar-refractivity contribution >= 4 is 52.3 Å². The number of likely N-dealkylation sites (tertiary alicyclic amines) is 1. The van der Waals surface area contributed by atoms with Gasteiger partial charge in [-0.2, -0.15) is 4.98 Å². The van der Waals surface area contributed by atoms with E-state index in [9.17, 15) is 4.79 Å². The van der Waals surface area contributed by atoms with E-state index in [1.54, 1.807) is 6.20 Å². The van der Waals surface area contributed by atoms with Crippen LogP contribution >= 0.6 is 23.2 Å². The molecular formula is C24H33Cl2N7O. The summed E-state index contributed by atoms with van der Waals surface area (Å²) in [6, 6.07) is 6.26. The SMILES string of the molecule is CC(C)NC(=O)[C@H]1CCC[C@H]1Nc1nc(Nc2ccc(N[C@H]3CCN(C)C3)c(Cl)c2)ncc1Cl. The van der Waals surface area contributed by atoms with Crippen molar-refractivity contribution in [3.8, 4) is 0 Å². The third-order valence-corrected chi connectivity index (χ3v) is 6.92. The van der Waals surface area contributed by atoms with Crippen LogP contribution in [-0.2, 0) is 4.79 Å².